The first-order chi connectivity index (χ1) is 8.14. The Bertz CT molecular complexity index is 396. The van der Waals surface area contributed by atoms with Crippen LogP contribution in [0.15, 0.2) is 12.4 Å². The minimum Gasteiger partial charge on any atom is -0.381 e. The average Bonchev–Trinajstić information content (AvgIpc) is 2.78. The number of nitrogens with zero attached hydrogens (tertiary/aromatic N) is 2. The van der Waals surface area contributed by atoms with E-state index in [2.05, 4.69) is 10.4 Å². The van der Waals surface area contributed by atoms with Crippen LogP contribution >= 0.6 is 0 Å². The molecule has 2 rings (SSSR count). The number of nitrogens with one attached hydrogen (secondary N) is 1. The van der Waals surface area contributed by atoms with Crippen molar-refractivity contribution in [2.75, 3.05) is 18.5 Å². The fourth-order valence-corrected chi connectivity index (χ4v) is 1.82. The predicted octanol–water partition coefficient (Wildman–Crippen LogP) is 0.349. The summed E-state index contributed by atoms with van der Waals surface area (Å²) in [6.07, 6.45) is 4.53. The highest BCUT2D eigenvalue weighted by molar-refractivity contribution is 5.97. The Kier molecular flexibility index (Phi) is 3.44. The predicted molar refractivity (Wildman–Crippen MR) is 63.5 cm³/mol. The number of aromatic nitrogens is 2. The fourth-order valence-electron chi connectivity index (χ4n) is 1.82. The van der Waals surface area contributed by atoms with Crippen molar-refractivity contribution in [3.63, 3.8) is 0 Å². The average molecular weight is 238 g/mol. The summed E-state index contributed by atoms with van der Waals surface area (Å²) in [4.78, 5) is 12.1. The van der Waals surface area contributed by atoms with Gasteiger partial charge < -0.3 is 15.8 Å². The van der Waals surface area contributed by atoms with Crippen LogP contribution in [0.5, 0.6) is 0 Å². The first kappa shape index (κ1) is 12.1. The highest BCUT2D eigenvalue weighted by Gasteiger charge is 2.35. The number of ether oxygens (including phenoxy) is 1. The van der Waals surface area contributed by atoms with Crippen LogP contribution in [-0.4, -0.2) is 34.4 Å². The zero-order valence-electron chi connectivity index (χ0n) is 9.98. The number of aryl methyl sites for hydroxylation is 1. The number of carbonyl (C=O) groups is 1. The van der Waals surface area contributed by atoms with Gasteiger partial charge in [0, 0.05) is 26.0 Å². The minimum absolute atomic E-state index is 0.156. The van der Waals surface area contributed by atoms with Gasteiger partial charge in [0.1, 0.15) is 5.54 Å². The summed E-state index contributed by atoms with van der Waals surface area (Å²) in [6, 6.07) is 0. The van der Waals surface area contributed by atoms with E-state index < -0.39 is 5.54 Å². The van der Waals surface area contributed by atoms with E-state index >= 15 is 0 Å². The van der Waals surface area contributed by atoms with E-state index in [-0.39, 0.29) is 5.91 Å². The van der Waals surface area contributed by atoms with Crippen LogP contribution in [0.3, 0.4) is 0 Å². The molecule has 1 aliphatic rings. The zero-order chi connectivity index (χ0) is 12.3. The van der Waals surface area contributed by atoms with Gasteiger partial charge in [-0.2, -0.15) is 5.10 Å². The van der Waals surface area contributed by atoms with Crippen LogP contribution in [0, 0.1) is 0 Å². The van der Waals surface area contributed by atoms with Crippen molar-refractivity contribution in [2.45, 2.75) is 31.8 Å². The third kappa shape index (κ3) is 2.65. The molecule has 1 aliphatic heterocycles. The normalized spacial score (nSPS) is 18.9. The van der Waals surface area contributed by atoms with Crippen molar-refractivity contribution < 1.29 is 9.53 Å². The lowest BCUT2D eigenvalue weighted by atomic mass is 9.90. The Morgan fingerprint density at radius 2 is 2.35 bits per heavy atom. The van der Waals surface area contributed by atoms with Crippen molar-refractivity contribution in [3.8, 4) is 0 Å². The minimum atomic E-state index is -0.813. The van der Waals surface area contributed by atoms with E-state index in [0.29, 0.717) is 31.7 Å². The van der Waals surface area contributed by atoms with Crippen LogP contribution in [0.25, 0.3) is 0 Å². The molecule has 94 valence electrons. The third-order valence-electron chi connectivity index (χ3n) is 3.05. The zero-order valence-corrected chi connectivity index (χ0v) is 9.98. The largest absolute Gasteiger partial charge is 0.381 e. The lowest BCUT2D eigenvalue weighted by Gasteiger charge is -2.31. The van der Waals surface area contributed by atoms with E-state index in [1.165, 1.54) is 0 Å². The quantitative estimate of drug-likeness (QED) is 0.796. The smallest absolute Gasteiger partial charge is 0.244 e. The topological polar surface area (TPSA) is 82.2 Å². The summed E-state index contributed by atoms with van der Waals surface area (Å²) < 4.78 is 6.96. The third-order valence-corrected chi connectivity index (χ3v) is 3.05. The van der Waals surface area contributed by atoms with Gasteiger partial charge in [-0.1, -0.05) is 0 Å². The van der Waals surface area contributed by atoms with Crippen LogP contribution in [0.2, 0.25) is 0 Å². The molecule has 3 N–H and O–H groups in total. The van der Waals surface area contributed by atoms with Crippen molar-refractivity contribution >= 4 is 11.6 Å². The fraction of sp³-hybridized carbons (Fsp3) is 0.636. The van der Waals surface area contributed by atoms with Crippen molar-refractivity contribution in [1.82, 2.24) is 9.78 Å². The molecule has 1 aromatic rings. The summed E-state index contributed by atoms with van der Waals surface area (Å²) >= 11 is 0. The molecule has 1 saturated heterocycles. The second-order valence-electron chi connectivity index (χ2n) is 4.31. The second kappa shape index (κ2) is 4.85. The summed E-state index contributed by atoms with van der Waals surface area (Å²) in [5.41, 5.74) is 5.95. The maximum Gasteiger partial charge on any atom is 0.244 e. The van der Waals surface area contributed by atoms with Gasteiger partial charge in [-0.3, -0.25) is 9.48 Å². The van der Waals surface area contributed by atoms with Crippen LogP contribution in [-0.2, 0) is 16.1 Å². The second-order valence-corrected chi connectivity index (χ2v) is 4.31. The van der Waals surface area contributed by atoms with Gasteiger partial charge in [-0.15, -0.1) is 0 Å². The van der Waals surface area contributed by atoms with E-state index in [1.54, 1.807) is 17.1 Å². The SMILES string of the molecule is CCn1cc(NC(=O)C2(N)CCOCC2)cn1. The summed E-state index contributed by atoms with van der Waals surface area (Å²) in [5, 5.41) is 6.90. The molecule has 0 saturated carbocycles. The summed E-state index contributed by atoms with van der Waals surface area (Å²) in [6.45, 7) is 3.84. The Morgan fingerprint density at radius 1 is 1.65 bits per heavy atom. The Morgan fingerprint density at radius 3 is 2.94 bits per heavy atom. The maximum absolute atomic E-state index is 12.1. The van der Waals surface area contributed by atoms with Crippen LogP contribution in [0.1, 0.15) is 19.8 Å². The summed E-state index contributed by atoms with van der Waals surface area (Å²) in [5.74, 6) is -0.156. The Hall–Kier alpha value is -1.40. The number of anilines is 1. The van der Waals surface area contributed by atoms with Gasteiger partial charge in [0.2, 0.25) is 5.91 Å². The molecule has 1 amide bonds. The number of hydrogen-bond donors (Lipinski definition) is 2. The number of hydrogen-bond acceptors (Lipinski definition) is 4. The Labute approximate surface area is 100 Å². The molecule has 0 radical (unpaired) electrons. The number of amides is 1. The first-order valence-electron chi connectivity index (χ1n) is 5.84. The number of nitrogens with two attached hydrogens (primary N) is 1. The molecule has 6 nitrogen and oxygen atoms in total. The van der Waals surface area contributed by atoms with E-state index in [4.69, 9.17) is 10.5 Å². The molecule has 0 aromatic carbocycles. The highest BCUT2D eigenvalue weighted by Crippen LogP contribution is 2.19. The van der Waals surface area contributed by atoms with Crippen molar-refractivity contribution in [1.29, 1.82) is 0 Å². The number of carbonyl (C=O) groups excluding carboxylic acids is 1. The molecule has 0 unspecified atom stereocenters. The highest BCUT2D eigenvalue weighted by atomic mass is 16.5. The lowest BCUT2D eigenvalue weighted by molar-refractivity contribution is -0.124. The molecule has 6 heteroatoms. The molecular weight excluding hydrogens is 220 g/mol. The molecule has 17 heavy (non-hydrogen) atoms. The number of rotatable bonds is 3. The lowest BCUT2D eigenvalue weighted by Crippen LogP contribution is -2.54. The molecule has 0 bridgehead atoms. The maximum atomic E-state index is 12.1. The Balaban J connectivity index is 2.00. The summed E-state index contributed by atoms with van der Waals surface area (Å²) in [7, 11) is 0. The van der Waals surface area contributed by atoms with Gasteiger partial charge in [-0.25, -0.2) is 0 Å². The molecule has 1 aromatic heterocycles. The van der Waals surface area contributed by atoms with E-state index in [0.717, 1.165) is 6.54 Å². The first-order valence-corrected chi connectivity index (χ1v) is 5.84. The van der Waals surface area contributed by atoms with Gasteiger partial charge in [-0.05, 0) is 19.8 Å². The molecule has 2 heterocycles. The van der Waals surface area contributed by atoms with Gasteiger partial charge in [0.25, 0.3) is 0 Å². The van der Waals surface area contributed by atoms with E-state index in [1.807, 2.05) is 6.92 Å². The van der Waals surface area contributed by atoms with E-state index in [9.17, 15) is 4.79 Å². The van der Waals surface area contributed by atoms with Crippen LogP contribution in [0.4, 0.5) is 5.69 Å². The molecule has 1 fully saturated rings. The van der Waals surface area contributed by atoms with Gasteiger partial charge >= 0.3 is 0 Å². The molecule has 0 spiro atoms. The van der Waals surface area contributed by atoms with Gasteiger partial charge in [0.05, 0.1) is 11.9 Å². The molecular formula is C11H18N4O2. The standard InChI is InChI=1S/C11H18N4O2/c1-2-15-8-9(7-13-15)14-10(16)11(12)3-5-17-6-4-11/h7-8H,2-6,12H2,1H3,(H,14,16). The van der Waals surface area contributed by atoms with Crippen molar-refractivity contribution in [2.24, 2.45) is 5.73 Å². The monoisotopic (exact) mass is 238 g/mol. The van der Waals surface area contributed by atoms with Gasteiger partial charge in [0.15, 0.2) is 0 Å². The molecule has 0 aliphatic carbocycles. The molecule has 0 atom stereocenters. The van der Waals surface area contributed by atoms with Crippen molar-refractivity contribution in [3.05, 3.63) is 12.4 Å². The van der Waals surface area contributed by atoms with Crippen LogP contribution < -0.4 is 11.1 Å².